The molecule has 0 aromatic carbocycles. The van der Waals surface area contributed by atoms with Crippen LogP contribution in [-0.2, 0) is 9.53 Å². The Hall–Kier alpha value is -1.26. The van der Waals surface area contributed by atoms with E-state index in [0.717, 1.165) is 12.8 Å². The van der Waals surface area contributed by atoms with Gasteiger partial charge in [0.25, 0.3) is 0 Å². The fraction of sp³-hybridized carbons (Fsp3) is 0.900. The van der Waals surface area contributed by atoms with Crippen molar-refractivity contribution in [2.24, 2.45) is 11.0 Å². The van der Waals surface area contributed by atoms with E-state index in [1.165, 1.54) is 7.11 Å². The predicted molar refractivity (Wildman–Crippen MR) is 59.8 cm³/mol. The minimum absolute atomic E-state index is 0.210. The topological polar surface area (TPSA) is 87.1 Å². The Morgan fingerprint density at radius 1 is 1.69 bits per heavy atom. The van der Waals surface area contributed by atoms with Crippen LogP contribution in [0.3, 0.4) is 0 Å². The zero-order valence-corrected chi connectivity index (χ0v) is 9.77. The van der Waals surface area contributed by atoms with Gasteiger partial charge in [0, 0.05) is 18.0 Å². The van der Waals surface area contributed by atoms with Crippen LogP contribution in [0.5, 0.6) is 0 Å². The van der Waals surface area contributed by atoms with E-state index in [1.807, 2.05) is 6.92 Å². The molecule has 6 nitrogen and oxygen atoms in total. The smallest absolute Gasteiger partial charge is 0.326 e. The number of ether oxygens (including phenoxy) is 1. The van der Waals surface area contributed by atoms with Crippen molar-refractivity contribution in [1.82, 2.24) is 5.32 Å². The molecule has 6 heteroatoms. The van der Waals surface area contributed by atoms with Gasteiger partial charge in [-0.1, -0.05) is 12.0 Å². The van der Waals surface area contributed by atoms with Gasteiger partial charge in [0.15, 0.2) is 0 Å². The molecule has 0 aromatic heterocycles. The average Bonchev–Trinajstić information content (AvgIpc) is 3.13. The summed E-state index contributed by atoms with van der Waals surface area (Å²) in [5.41, 5.74) is 7.59. The van der Waals surface area contributed by atoms with Crippen molar-refractivity contribution in [2.45, 2.75) is 31.7 Å². The Morgan fingerprint density at radius 3 is 2.81 bits per heavy atom. The molecule has 1 unspecified atom stereocenters. The summed E-state index contributed by atoms with van der Waals surface area (Å²) >= 11 is 0. The third kappa shape index (κ3) is 2.65. The minimum Gasteiger partial charge on any atom is -0.468 e. The Balaban J connectivity index is 2.61. The van der Waals surface area contributed by atoms with Crippen molar-refractivity contribution in [1.29, 1.82) is 0 Å². The molecule has 0 aromatic rings. The first-order valence-corrected chi connectivity index (χ1v) is 5.55. The second-order valence-electron chi connectivity index (χ2n) is 3.97. The lowest BCUT2D eigenvalue weighted by atomic mass is 9.90. The molecule has 1 aliphatic rings. The van der Waals surface area contributed by atoms with Crippen LogP contribution in [-0.4, -0.2) is 31.7 Å². The van der Waals surface area contributed by atoms with Gasteiger partial charge in [-0.25, -0.2) is 0 Å². The molecule has 0 aliphatic heterocycles. The molecule has 90 valence electrons. The number of nitrogens with zero attached hydrogens (tertiary/aromatic N) is 3. The van der Waals surface area contributed by atoms with Crippen molar-refractivity contribution in [3.63, 3.8) is 0 Å². The lowest BCUT2D eigenvalue weighted by Gasteiger charge is -2.31. The fourth-order valence-corrected chi connectivity index (χ4v) is 2.07. The quantitative estimate of drug-likeness (QED) is 0.235. The number of hydrogen-bond donors (Lipinski definition) is 1. The Bertz CT molecular complexity index is 297. The van der Waals surface area contributed by atoms with Crippen molar-refractivity contribution in [3.05, 3.63) is 10.4 Å². The minimum atomic E-state index is -0.584. The Labute approximate surface area is 95.0 Å². The van der Waals surface area contributed by atoms with Crippen molar-refractivity contribution in [2.75, 3.05) is 20.2 Å². The summed E-state index contributed by atoms with van der Waals surface area (Å²) in [6.45, 7) is 2.82. The number of methoxy groups -OCH3 is 1. The molecule has 0 bridgehead atoms. The molecule has 0 amide bonds. The molecular weight excluding hydrogens is 208 g/mol. The molecule has 0 spiro atoms. The SMILES string of the molecule is CCC(NCCN=[N+]=[N-])(C(=O)OC)C1CC1. The lowest BCUT2D eigenvalue weighted by Crippen LogP contribution is -2.55. The average molecular weight is 226 g/mol. The van der Waals surface area contributed by atoms with E-state index >= 15 is 0 Å². The fourth-order valence-electron chi connectivity index (χ4n) is 2.07. The summed E-state index contributed by atoms with van der Waals surface area (Å²) in [6, 6.07) is 0. The van der Waals surface area contributed by atoms with Crippen LogP contribution in [0.4, 0.5) is 0 Å². The van der Waals surface area contributed by atoms with Crippen molar-refractivity contribution < 1.29 is 9.53 Å². The molecule has 1 rings (SSSR count). The van der Waals surface area contributed by atoms with E-state index in [2.05, 4.69) is 15.3 Å². The van der Waals surface area contributed by atoms with Crippen LogP contribution in [0.15, 0.2) is 5.11 Å². The van der Waals surface area contributed by atoms with Gasteiger partial charge in [-0.05, 0) is 30.7 Å². The van der Waals surface area contributed by atoms with E-state index in [1.54, 1.807) is 0 Å². The molecule has 1 atom stereocenters. The van der Waals surface area contributed by atoms with E-state index in [4.69, 9.17) is 10.3 Å². The van der Waals surface area contributed by atoms with Gasteiger partial charge in [0.05, 0.1) is 7.11 Å². The van der Waals surface area contributed by atoms with E-state index in [-0.39, 0.29) is 5.97 Å². The summed E-state index contributed by atoms with van der Waals surface area (Å²) in [4.78, 5) is 14.5. The number of nitrogens with one attached hydrogen (secondary N) is 1. The summed E-state index contributed by atoms with van der Waals surface area (Å²) < 4.78 is 4.86. The molecule has 16 heavy (non-hydrogen) atoms. The van der Waals surface area contributed by atoms with Gasteiger partial charge in [-0.3, -0.25) is 4.79 Å². The van der Waals surface area contributed by atoms with Gasteiger partial charge in [-0.15, -0.1) is 0 Å². The van der Waals surface area contributed by atoms with Crippen molar-refractivity contribution >= 4 is 5.97 Å². The van der Waals surface area contributed by atoms with Crippen LogP contribution in [0.1, 0.15) is 26.2 Å². The van der Waals surface area contributed by atoms with Gasteiger partial charge < -0.3 is 10.1 Å². The largest absolute Gasteiger partial charge is 0.468 e. The maximum atomic E-state index is 11.8. The van der Waals surface area contributed by atoms with E-state index < -0.39 is 5.54 Å². The van der Waals surface area contributed by atoms with Gasteiger partial charge in [0.2, 0.25) is 0 Å². The van der Waals surface area contributed by atoms with E-state index in [9.17, 15) is 4.79 Å². The number of esters is 1. The highest BCUT2D eigenvalue weighted by molar-refractivity contribution is 5.81. The van der Waals surface area contributed by atoms with E-state index in [0.29, 0.717) is 25.4 Å². The number of azide groups is 1. The van der Waals surface area contributed by atoms with Crippen LogP contribution in [0, 0.1) is 5.92 Å². The third-order valence-corrected chi connectivity index (χ3v) is 3.10. The Kier molecular flexibility index (Phi) is 4.58. The monoisotopic (exact) mass is 226 g/mol. The van der Waals surface area contributed by atoms with Crippen LogP contribution < -0.4 is 5.32 Å². The maximum absolute atomic E-state index is 11.8. The second-order valence-corrected chi connectivity index (χ2v) is 3.97. The third-order valence-electron chi connectivity index (χ3n) is 3.10. The summed E-state index contributed by atoms with van der Waals surface area (Å²) in [6.07, 6.45) is 2.80. The van der Waals surface area contributed by atoms with Gasteiger partial charge in [0.1, 0.15) is 5.54 Å². The normalized spacial score (nSPS) is 18.4. The van der Waals surface area contributed by atoms with Crippen LogP contribution in [0.2, 0.25) is 0 Å². The molecular formula is C10H18N4O2. The highest BCUT2D eigenvalue weighted by atomic mass is 16.5. The molecule has 0 saturated heterocycles. The standard InChI is InChI=1S/C10H18N4O2/c1-3-10(8-4-5-8,9(15)16-2)12-6-7-13-14-11/h8,12H,3-7H2,1-2H3. The first kappa shape index (κ1) is 12.8. The summed E-state index contributed by atoms with van der Waals surface area (Å²) in [5.74, 6) is 0.148. The highest BCUT2D eigenvalue weighted by Crippen LogP contribution is 2.42. The zero-order chi connectivity index (χ0) is 12.0. The molecule has 1 aliphatic carbocycles. The maximum Gasteiger partial charge on any atom is 0.326 e. The first-order valence-electron chi connectivity index (χ1n) is 5.55. The number of hydrogen-bond acceptors (Lipinski definition) is 4. The van der Waals surface area contributed by atoms with Crippen molar-refractivity contribution in [3.8, 4) is 0 Å². The van der Waals surface area contributed by atoms with Crippen LogP contribution in [0.25, 0.3) is 10.4 Å². The van der Waals surface area contributed by atoms with Crippen LogP contribution >= 0.6 is 0 Å². The molecule has 0 radical (unpaired) electrons. The van der Waals surface area contributed by atoms with Gasteiger partial charge in [-0.2, -0.15) is 0 Å². The molecule has 1 fully saturated rings. The molecule has 1 saturated carbocycles. The summed E-state index contributed by atoms with van der Waals surface area (Å²) in [7, 11) is 1.41. The number of rotatable bonds is 7. The second kappa shape index (κ2) is 5.72. The highest BCUT2D eigenvalue weighted by Gasteiger charge is 2.50. The molecule has 0 heterocycles. The van der Waals surface area contributed by atoms with Gasteiger partial charge >= 0.3 is 5.97 Å². The Morgan fingerprint density at radius 2 is 2.38 bits per heavy atom. The number of carbonyl (C=O) groups is 1. The summed E-state index contributed by atoms with van der Waals surface area (Å²) in [5, 5.41) is 6.63. The predicted octanol–water partition coefficient (Wildman–Crippen LogP) is 1.62. The first-order chi connectivity index (χ1) is 7.71. The lowest BCUT2D eigenvalue weighted by molar-refractivity contribution is -0.150. The number of carbonyl (C=O) groups excluding carboxylic acids is 1. The molecule has 1 N–H and O–H groups in total. The zero-order valence-electron chi connectivity index (χ0n) is 9.77.